The lowest BCUT2D eigenvalue weighted by atomic mass is 9.97. The second-order valence-electron chi connectivity index (χ2n) is 15.3. The first-order valence-electron chi connectivity index (χ1n) is 20.1. The highest BCUT2D eigenvalue weighted by molar-refractivity contribution is 6.14. The summed E-state index contributed by atoms with van der Waals surface area (Å²) in [7, 11) is 0. The van der Waals surface area contributed by atoms with Gasteiger partial charge in [-0.15, -0.1) is 0 Å². The third-order valence-corrected chi connectivity index (χ3v) is 11.8. The normalized spacial score (nSPS) is 11.7. The first-order chi connectivity index (χ1) is 29.2. The van der Waals surface area contributed by atoms with Crippen LogP contribution in [-0.4, -0.2) is 0 Å². The SMILES string of the molecule is c1ccc(-c2cccc3c2oc2c(N(c4ccc(-c5ccc6c(ccc7ccccc76)c5)cc4)c4cccc(-c5ccc6c(c5)oc5ccccc56)c4)cccc23)cc1. The van der Waals surface area contributed by atoms with Gasteiger partial charge in [-0.05, 0) is 104 Å². The smallest absolute Gasteiger partial charge is 0.159 e. The number of hydrogen-bond donors (Lipinski definition) is 0. The van der Waals surface area contributed by atoms with Crippen molar-refractivity contribution in [1.29, 1.82) is 0 Å². The van der Waals surface area contributed by atoms with Crippen molar-refractivity contribution in [1.82, 2.24) is 0 Å². The highest BCUT2D eigenvalue weighted by Crippen LogP contribution is 2.45. The Labute approximate surface area is 340 Å². The number of hydrogen-bond acceptors (Lipinski definition) is 3. The van der Waals surface area contributed by atoms with Crippen LogP contribution in [0.15, 0.2) is 221 Å². The molecular formula is C56H35NO2. The van der Waals surface area contributed by atoms with Gasteiger partial charge >= 0.3 is 0 Å². The summed E-state index contributed by atoms with van der Waals surface area (Å²) in [4.78, 5) is 2.33. The molecule has 0 aliphatic heterocycles. The van der Waals surface area contributed by atoms with Crippen LogP contribution in [-0.2, 0) is 0 Å². The van der Waals surface area contributed by atoms with Gasteiger partial charge in [0.1, 0.15) is 16.7 Å². The van der Waals surface area contributed by atoms with Crippen LogP contribution in [0.3, 0.4) is 0 Å². The third-order valence-electron chi connectivity index (χ3n) is 11.8. The monoisotopic (exact) mass is 753 g/mol. The average molecular weight is 754 g/mol. The molecule has 276 valence electrons. The molecule has 12 rings (SSSR count). The quantitative estimate of drug-likeness (QED) is 0.158. The van der Waals surface area contributed by atoms with Gasteiger partial charge in [-0.1, -0.05) is 158 Å². The van der Waals surface area contributed by atoms with Gasteiger partial charge in [0, 0.05) is 38.5 Å². The molecule has 0 amide bonds. The van der Waals surface area contributed by atoms with Gasteiger partial charge in [-0.2, -0.15) is 0 Å². The molecule has 0 spiro atoms. The molecule has 0 unspecified atom stereocenters. The Kier molecular flexibility index (Phi) is 7.54. The minimum Gasteiger partial charge on any atom is -0.456 e. The van der Waals surface area contributed by atoms with Crippen molar-refractivity contribution in [2.24, 2.45) is 0 Å². The summed E-state index contributed by atoms with van der Waals surface area (Å²) >= 11 is 0. The van der Waals surface area contributed by atoms with Crippen molar-refractivity contribution in [3.05, 3.63) is 212 Å². The van der Waals surface area contributed by atoms with Crippen LogP contribution in [0.2, 0.25) is 0 Å². The molecule has 0 atom stereocenters. The van der Waals surface area contributed by atoms with Crippen LogP contribution >= 0.6 is 0 Å². The summed E-state index contributed by atoms with van der Waals surface area (Å²) in [5, 5.41) is 9.45. The highest BCUT2D eigenvalue weighted by Gasteiger charge is 2.21. The fourth-order valence-electron chi connectivity index (χ4n) is 8.98. The van der Waals surface area contributed by atoms with E-state index in [1.165, 1.54) is 27.1 Å². The van der Waals surface area contributed by atoms with E-state index in [4.69, 9.17) is 8.83 Å². The zero-order chi connectivity index (χ0) is 38.9. The number of benzene rings is 10. The van der Waals surface area contributed by atoms with E-state index in [2.05, 4.69) is 199 Å². The lowest BCUT2D eigenvalue weighted by Crippen LogP contribution is -2.10. The predicted octanol–water partition coefficient (Wildman–Crippen LogP) is 16.3. The number of anilines is 3. The molecule has 2 aromatic heterocycles. The zero-order valence-electron chi connectivity index (χ0n) is 32.0. The van der Waals surface area contributed by atoms with Crippen molar-refractivity contribution in [2.75, 3.05) is 4.90 Å². The summed E-state index contributed by atoms with van der Waals surface area (Å²) in [6.45, 7) is 0. The van der Waals surface area contributed by atoms with E-state index < -0.39 is 0 Å². The molecule has 0 saturated heterocycles. The molecule has 10 aromatic carbocycles. The van der Waals surface area contributed by atoms with Crippen molar-refractivity contribution in [3.63, 3.8) is 0 Å². The van der Waals surface area contributed by atoms with Crippen LogP contribution in [0.25, 0.3) is 98.8 Å². The maximum Gasteiger partial charge on any atom is 0.159 e. The lowest BCUT2D eigenvalue weighted by Gasteiger charge is -2.26. The molecule has 3 heteroatoms. The molecule has 59 heavy (non-hydrogen) atoms. The van der Waals surface area contributed by atoms with E-state index >= 15 is 0 Å². The van der Waals surface area contributed by atoms with Gasteiger partial charge in [-0.3, -0.25) is 0 Å². The molecule has 0 bridgehead atoms. The second kappa shape index (κ2) is 13.4. The molecule has 12 aromatic rings. The molecule has 0 saturated carbocycles. The van der Waals surface area contributed by atoms with E-state index in [1.54, 1.807) is 0 Å². The molecule has 2 heterocycles. The van der Waals surface area contributed by atoms with Crippen LogP contribution in [0, 0.1) is 0 Å². The Hall–Kier alpha value is -7.88. The zero-order valence-corrected chi connectivity index (χ0v) is 32.0. The van der Waals surface area contributed by atoms with Crippen LogP contribution in [0.5, 0.6) is 0 Å². The Morgan fingerprint density at radius 1 is 0.288 bits per heavy atom. The molecule has 0 radical (unpaired) electrons. The third kappa shape index (κ3) is 5.51. The average Bonchev–Trinajstić information content (AvgIpc) is 3.88. The van der Waals surface area contributed by atoms with Crippen LogP contribution < -0.4 is 4.90 Å². The Morgan fingerprint density at radius 3 is 1.78 bits per heavy atom. The number of rotatable bonds is 6. The van der Waals surface area contributed by atoms with E-state index in [9.17, 15) is 0 Å². The summed E-state index contributed by atoms with van der Waals surface area (Å²) < 4.78 is 13.3. The first-order valence-corrected chi connectivity index (χ1v) is 20.1. The Morgan fingerprint density at radius 2 is 0.898 bits per heavy atom. The number of fused-ring (bicyclic) bond motifs is 9. The van der Waals surface area contributed by atoms with Gasteiger partial charge in [-0.25, -0.2) is 0 Å². The fourth-order valence-corrected chi connectivity index (χ4v) is 8.98. The lowest BCUT2D eigenvalue weighted by molar-refractivity contribution is 0.669. The minimum absolute atomic E-state index is 0.839. The summed E-state index contributed by atoms with van der Waals surface area (Å²) in [5.74, 6) is 0. The van der Waals surface area contributed by atoms with E-state index in [-0.39, 0.29) is 0 Å². The van der Waals surface area contributed by atoms with E-state index in [0.717, 1.165) is 88.8 Å². The van der Waals surface area contributed by atoms with Gasteiger partial charge in [0.2, 0.25) is 0 Å². The van der Waals surface area contributed by atoms with Gasteiger partial charge in [0.25, 0.3) is 0 Å². The van der Waals surface area contributed by atoms with Gasteiger partial charge in [0.15, 0.2) is 5.58 Å². The molecule has 0 fully saturated rings. The summed E-state index contributed by atoms with van der Waals surface area (Å²) in [6.07, 6.45) is 0. The minimum atomic E-state index is 0.839. The Balaban J connectivity index is 1.01. The second-order valence-corrected chi connectivity index (χ2v) is 15.3. The Bertz CT molecular complexity index is 3560. The predicted molar refractivity (Wildman–Crippen MR) is 247 cm³/mol. The number of furan rings is 2. The maximum atomic E-state index is 7.00. The highest BCUT2D eigenvalue weighted by atomic mass is 16.3. The van der Waals surface area contributed by atoms with E-state index in [1.807, 2.05) is 18.2 Å². The van der Waals surface area contributed by atoms with E-state index in [0.29, 0.717) is 0 Å². The standard InChI is InChI=1S/C56H35NO2/c1-2-11-37(12-3-1)47-18-9-19-50-51-20-10-21-52(56(51)59-55(47)50)57(44-15-8-14-39(34-44)41-28-32-49-48-17-6-7-22-53(48)58-54(49)35-41)43-29-25-36(26-30-43)40-27-31-46-42(33-40)24-23-38-13-4-5-16-45(38)46/h1-35H. The van der Waals surface area contributed by atoms with Crippen LogP contribution in [0.1, 0.15) is 0 Å². The molecule has 3 nitrogen and oxygen atoms in total. The molecular weight excluding hydrogens is 719 g/mol. The molecule has 0 N–H and O–H groups in total. The first kappa shape index (κ1) is 33.3. The number of nitrogens with zero attached hydrogens (tertiary/aromatic N) is 1. The van der Waals surface area contributed by atoms with Crippen molar-refractivity contribution < 1.29 is 8.83 Å². The summed E-state index contributed by atoms with van der Waals surface area (Å²) in [5.41, 5.74) is 13.2. The maximum absolute atomic E-state index is 7.00. The molecule has 0 aliphatic rings. The largest absolute Gasteiger partial charge is 0.456 e. The van der Waals surface area contributed by atoms with Gasteiger partial charge in [0.05, 0.1) is 5.69 Å². The van der Waals surface area contributed by atoms with Crippen molar-refractivity contribution in [3.8, 4) is 33.4 Å². The summed E-state index contributed by atoms with van der Waals surface area (Å²) in [6, 6.07) is 75.7. The van der Waals surface area contributed by atoms with Crippen LogP contribution in [0.4, 0.5) is 17.1 Å². The van der Waals surface area contributed by atoms with Crippen molar-refractivity contribution in [2.45, 2.75) is 0 Å². The fraction of sp³-hybridized carbons (Fsp3) is 0. The topological polar surface area (TPSA) is 29.5 Å². The molecule has 0 aliphatic carbocycles. The number of para-hydroxylation sites is 3. The van der Waals surface area contributed by atoms with Gasteiger partial charge < -0.3 is 13.7 Å². The van der Waals surface area contributed by atoms with Crippen molar-refractivity contribution >= 4 is 82.5 Å².